The first kappa shape index (κ1) is 19.2. The topological polar surface area (TPSA) is 86.7 Å². The fourth-order valence-corrected chi connectivity index (χ4v) is 4.26. The second kappa shape index (κ2) is 8.07. The summed E-state index contributed by atoms with van der Waals surface area (Å²) < 4.78 is 0. The third-order valence-electron chi connectivity index (χ3n) is 5.92. The molecule has 2 aromatic rings. The second-order valence-corrected chi connectivity index (χ2v) is 7.83. The molecule has 2 aromatic carbocycles. The van der Waals surface area contributed by atoms with E-state index < -0.39 is 11.9 Å². The number of rotatable bonds is 5. The third-order valence-corrected chi connectivity index (χ3v) is 5.92. The zero-order valence-corrected chi connectivity index (χ0v) is 16.1. The van der Waals surface area contributed by atoms with Gasteiger partial charge in [-0.3, -0.25) is 14.4 Å². The fraction of sp³-hybridized carbons (Fsp3) is 0.348. The van der Waals surface area contributed by atoms with Gasteiger partial charge in [0.05, 0.1) is 12.3 Å². The molecule has 2 amide bonds. The molecule has 2 aliphatic rings. The van der Waals surface area contributed by atoms with Crippen LogP contribution in [0.25, 0.3) is 0 Å². The lowest BCUT2D eigenvalue weighted by atomic mass is 10.0. The Morgan fingerprint density at radius 2 is 1.72 bits per heavy atom. The Morgan fingerprint density at radius 1 is 1.00 bits per heavy atom. The van der Waals surface area contributed by atoms with E-state index in [1.165, 1.54) is 5.56 Å². The van der Waals surface area contributed by atoms with E-state index in [1.807, 2.05) is 35.2 Å². The van der Waals surface area contributed by atoms with Gasteiger partial charge in [-0.15, -0.1) is 0 Å². The predicted octanol–water partition coefficient (Wildman–Crippen LogP) is 3.26. The van der Waals surface area contributed by atoms with Crippen molar-refractivity contribution in [2.24, 2.45) is 11.8 Å². The van der Waals surface area contributed by atoms with Crippen molar-refractivity contribution in [1.82, 2.24) is 0 Å². The van der Waals surface area contributed by atoms with Gasteiger partial charge in [-0.25, -0.2) is 0 Å². The summed E-state index contributed by atoms with van der Waals surface area (Å²) in [4.78, 5) is 38.0. The first-order valence-corrected chi connectivity index (χ1v) is 10.0. The molecule has 0 bridgehead atoms. The molecule has 2 atom stereocenters. The molecule has 29 heavy (non-hydrogen) atoms. The SMILES string of the molecule is O=C(O)[C@@H]1CC[C@H](C(=O)Nc2ccc(CC(=O)N3CCc4ccccc43)cc2)C1. The molecule has 6 heteroatoms. The highest BCUT2D eigenvalue weighted by Crippen LogP contribution is 2.32. The molecule has 0 aromatic heterocycles. The molecule has 0 saturated heterocycles. The lowest BCUT2D eigenvalue weighted by Crippen LogP contribution is -2.30. The van der Waals surface area contributed by atoms with Crippen LogP contribution in [-0.4, -0.2) is 29.4 Å². The van der Waals surface area contributed by atoms with Gasteiger partial charge in [0.2, 0.25) is 11.8 Å². The van der Waals surface area contributed by atoms with Crippen LogP contribution in [0.15, 0.2) is 48.5 Å². The molecule has 0 unspecified atom stereocenters. The Morgan fingerprint density at radius 3 is 2.45 bits per heavy atom. The van der Waals surface area contributed by atoms with Crippen LogP contribution < -0.4 is 10.2 Å². The van der Waals surface area contributed by atoms with Crippen LogP contribution in [0.1, 0.15) is 30.4 Å². The van der Waals surface area contributed by atoms with Crippen LogP contribution in [0.2, 0.25) is 0 Å². The fourth-order valence-electron chi connectivity index (χ4n) is 4.26. The molecule has 1 saturated carbocycles. The Kier molecular flexibility index (Phi) is 5.34. The molecule has 1 aliphatic heterocycles. The third kappa shape index (κ3) is 4.16. The second-order valence-electron chi connectivity index (χ2n) is 7.83. The normalized spacial score (nSPS) is 20.3. The summed E-state index contributed by atoms with van der Waals surface area (Å²) in [6.07, 6.45) is 2.74. The van der Waals surface area contributed by atoms with Gasteiger partial charge in [0, 0.05) is 23.8 Å². The van der Waals surface area contributed by atoms with E-state index in [1.54, 1.807) is 12.1 Å². The van der Waals surface area contributed by atoms with Crippen molar-refractivity contribution in [3.63, 3.8) is 0 Å². The molecular weight excluding hydrogens is 368 g/mol. The number of hydrogen-bond donors (Lipinski definition) is 2. The van der Waals surface area contributed by atoms with Gasteiger partial charge in [-0.05, 0) is 55.0 Å². The van der Waals surface area contributed by atoms with Crippen LogP contribution in [0.5, 0.6) is 0 Å². The molecule has 150 valence electrons. The summed E-state index contributed by atoms with van der Waals surface area (Å²) in [5, 5.41) is 11.9. The number of amides is 2. The Bertz CT molecular complexity index is 938. The van der Waals surface area contributed by atoms with Crippen molar-refractivity contribution < 1.29 is 19.5 Å². The smallest absolute Gasteiger partial charge is 0.306 e. The van der Waals surface area contributed by atoms with Gasteiger partial charge < -0.3 is 15.3 Å². The molecule has 1 aliphatic carbocycles. The van der Waals surface area contributed by atoms with Crippen LogP contribution in [0.3, 0.4) is 0 Å². The largest absolute Gasteiger partial charge is 0.481 e. The minimum absolute atomic E-state index is 0.0670. The highest BCUT2D eigenvalue weighted by molar-refractivity contribution is 5.97. The molecule has 6 nitrogen and oxygen atoms in total. The van der Waals surface area contributed by atoms with E-state index in [-0.39, 0.29) is 17.7 Å². The summed E-state index contributed by atoms with van der Waals surface area (Å²) in [5.74, 6) is -1.57. The van der Waals surface area contributed by atoms with Gasteiger partial charge in [0.15, 0.2) is 0 Å². The number of aliphatic carboxylic acids is 1. The number of carbonyl (C=O) groups is 3. The molecule has 0 radical (unpaired) electrons. The Hall–Kier alpha value is -3.15. The summed E-state index contributed by atoms with van der Waals surface area (Å²) >= 11 is 0. The van der Waals surface area contributed by atoms with E-state index >= 15 is 0 Å². The molecule has 4 rings (SSSR count). The number of nitrogens with zero attached hydrogens (tertiary/aromatic N) is 1. The summed E-state index contributed by atoms with van der Waals surface area (Å²) in [5.41, 5.74) is 3.76. The van der Waals surface area contributed by atoms with Gasteiger partial charge >= 0.3 is 5.97 Å². The van der Waals surface area contributed by atoms with Crippen molar-refractivity contribution in [3.8, 4) is 0 Å². The number of hydrogen-bond acceptors (Lipinski definition) is 3. The zero-order valence-electron chi connectivity index (χ0n) is 16.1. The van der Waals surface area contributed by atoms with Crippen molar-refractivity contribution in [1.29, 1.82) is 0 Å². The number of benzene rings is 2. The number of anilines is 2. The van der Waals surface area contributed by atoms with E-state index in [4.69, 9.17) is 5.11 Å². The maximum atomic E-state index is 12.7. The lowest BCUT2D eigenvalue weighted by Gasteiger charge is -2.17. The van der Waals surface area contributed by atoms with Crippen molar-refractivity contribution in [3.05, 3.63) is 59.7 Å². The number of carboxylic acids is 1. The van der Waals surface area contributed by atoms with Crippen LogP contribution in [-0.2, 0) is 27.2 Å². The minimum atomic E-state index is -0.824. The average molecular weight is 392 g/mol. The maximum Gasteiger partial charge on any atom is 0.306 e. The zero-order chi connectivity index (χ0) is 20.4. The predicted molar refractivity (Wildman–Crippen MR) is 110 cm³/mol. The van der Waals surface area contributed by atoms with E-state index in [9.17, 15) is 14.4 Å². The Balaban J connectivity index is 1.33. The highest BCUT2D eigenvalue weighted by Gasteiger charge is 2.33. The molecular formula is C23H24N2O4. The maximum absolute atomic E-state index is 12.7. The number of carboxylic acid groups (broad SMARTS) is 1. The van der Waals surface area contributed by atoms with Gasteiger partial charge in [0.1, 0.15) is 0 Å². The number of carbonyl (C=O) groups excluding carboxylic acids is 2. The quantitative estimate of drug-likeness (QED) is 0.818. The monoisotopic (exact) mass is 392 g/mol. The molecule has 1 heterocycles. The summed E-state index contributed by atoms with van der Waals surface area (Å²) in [7, 11) is 0. The summed E-state index contributed by atoms with van der Waals surface area (Å²) in [6.45, 7) is 0.713. The number of fused-ring (bicyclic) bond motifs is 1. The van der Waals surface area contributed by atoms with E-state index in [0.29, 0.717) is 37.9 Å². The number of nitrogens with one attached hydrogen (secondary N) is 1. The van der Waals surface area contributed by atoms with Crippen LogP contribution in [0.4, 0.5) is 11.4 Å². The standard InChI is InChI=1S/C23H24N2O4/c26-21(25-12-11-16-3-1-2-4-20(16)25)13-15-5-9-19(10-6-15)24-22(27)17-7-8-18(14-17)23(28)29/h1-6,9-10,17-18H,7-8,11-14H2,(H,24,27)(H,28,29)/t17-,18+/m0/s1. The van der Waals surface area contributed by atoms with Gasteiger partial charge in [0.25, 0.3) is 0 Å². The van der Waals surface area contributed by atoms with Crippen LogP contribution in [0, 0.1) is 11.8 Å². The van der Waals surface area contributed by atoms with Crippen molar-refractivity contribution in [2.45, 2.75) is 32.1 Å². The van der Waals surface area contributed by atoms with Gasteiger partial charge in [-0.1, -0.05) is 30.3 Å². The Labute approximate surface area is 169 Å². The van der Waals surface area contributed by atoms with E-state index in [2.05, 4.69) is 11.4 Å². The number of para-hydroxylation sites is 1. The molecule has 2 N–H and O–H groups in total. The minimum Gasteiger partial charge on any atom is -0.481 e. The highest BCUT2D eigenvalue weighted by atomic mass is 16.4. The van der Waals surface area contributed by atoms with Gasteiger partial charge in [-0.2, -0.15) is 0 Å². The molecule has 0 spiro atoms. The molecule has 1 fully saturated rings. The first-order chi connectivity index (χ1) is 14.0. The van der Waals surface area contributed by atoms with E-state index in [0.717, 1.165) is 17.7 Å². The first-order valence-electron chi connectivity index (χ1n) is 10.0. The van der Waals surface area contributed by atoms with Crippen molar-refractivity contribution in [2.75, 3.05) is 16.8 Å². The van der Waals surface area contributed by atoms with Crippen molar-refractivity contribution >= 4 is 29.2 Å². The summed E-state index contributed by atoms with van der Waals surface area (Å²) in [6, 6.07) is 15.3. The average Bonchev–Trinajstić information content (AvgIpc) is 3.37. The lowest BCUT2D eigenvalue weighted by molar-refractivity contribution is -0.141. The van der Waals surface area contributed by atoms with Crippen LogP contribution >= 0.6 is 0 Å².